The van der Waals surface area contributed by atoms with E-state index in [9.17, 15) is 30.0 Å². The Hall–Kier alpha value is -1.45. The van der Waals surface area contributed by atoms with Gasteiger partial charge in [0.1, 0.15) is 11.7 Å². The molecule has 0 unspecified atom stereocenters. The number of carbonyl (C=O) groups excluding carboxylic acids is 2. The third-order valence-corrected chi connectivity index (χ3v) is 8.37. The molecular weight excluding hydrogens is 456 g/mol. The van der Waals surface area contributed by atoms with Gasteiger partial charge in [0.25, 0.3) is 0 Å². The van der Waals surface area contributed by atoms with E-state index < -0.39 is 71.4 Å². The first-order valence-corrected chi connectivity index (χ1v) is 13.0. The number of cyclic esters (lactones) is 1. The van der Waals surface area contributed by atoms with Crippen LogP contribution in [0.4, 0.5) is 0 Å². The van der Waals surface area contributed by atoms with Crippen molar-refractivity contribution >= 4 is 23.5 Å². The van der Waals surface area contributed by atoms with Crippen LogP contribution in [-0.4, -0.2) is 67.9 Å². The van der Waals surface area contributed by atoms with E-state index in [0.717, 1.165) is 4.90 Å². The van der Waals surface area contributed by atoms with Gasteiger partial charge < -0.3 is 25.2 Å². The molecule has 1 aliphatic heterocycles. The Balaban J connectivity index is 2.39. The fraction of sp³-hybridized carbons (Fsp3) is 0.692. The topological polar surface area (TPSA) is 124 Å². The fourth-order valence-electron chi connectivity index (χ4n) is 4.73. The van der Waals surface area contributed by atoms with Gasteiger partial charge in [-0.15, -0.1) is 11.8 Å². The number of aliphatic hydroxyl groups is 4. The number of ether oxygens (including phenoxy) is 1. The van der Waals surface area contributed by atoms with E-state index >= 15 is 0 Å². The molecule has 10 atom stereocenters. The number of thioether (sulfide) groups is 1. The number of rotatable bonds is 3. The number of ketones is 1. The fourth-order valence-corrected chi connectivity index (χ4v) is 5.81. The molecule has 1 fully saturated rings. The van der Waals surface area contributed by atoms with Gasteiger partial charge in [-0.2, -0.15) is 0 Å². The van der Waals surface area contributed by atoms with Crippen molar-refractivity contribution < 1.29 is 34.8 Å². The van der Waals surface area contributed by atoms with Crippen LogP contribution in [0.1, 0.15) is 48.0 Å². The molecule has 0 saturated carbocycles. The predicted molar refractivity (Wildman–Crippen MR) is 131 cm³/mol. The second-order valence-corrected chi connectivity index (χ2v) is 11.3. The molecule has 0 aromatic heterocycles. The van der Waals surface area contributed by atoms with Crippen LogP contribution in [0, 0.1) is 29.6 Å². The molecule has 34 heavy (non-hydrogen) atoms. The number of hydrogen-bond donors (Lipinski definition) is 4. The molecule has 0 bridgehead atoms. The first-order valence-electron chi connectivity index (χ1n) is 12.0. The molecular formula is C26H40O7S. The highest BCUT2D eigenvalue weighted by Crippen LogP contribution is 2.33. The maximum absolute atomic E-state index is 13.1. The Labute approximate surface area is 206 Å². The van der Waals surface area contributed by atoms with Crippen LogP contribution in [0.5, 0.6) is 0 Å². The minimum absolute atomic E-state index is 0.0401. The number of carbonyl (C=O) groups is 2. The van der Waals surface area contributed by atoms with Gasteiger partial charge >= 0.3 is 5.97 Å². The zero-order chi connectivity index (χ0) is 25.8. The summed E-state index contributed by atoms with van der Waals surface area (Å²) in [6.45, 7) is 9.54. The van der Waals surface area contributed by atoms with Crippen LogP contribution in [0.25, 0.3) is 0 Å². The largest absolute Gasteiger partial charge is 0.461 e. The van der Waals surface area contributed by atoms with E-state index in [1.165, 1.54) is 18.7 Å². The van der Waals surface area contributed by atoms with Crippen molar-refractivity contribution in [1.29, 1.82) is 0 Å². The van der Waals surface area contributed by atoms with Crippen molar-refractivity contribution in [2.45, 2.75) is 82.9 Å². The smallest absolute Gasteiger partial charge is 0.311 e. The van der Waals surface area contributed by atoms with E-state index in [1.54, 1.807) is 34.6 Å². The molecule has 2 rings (SSSR count). The predicted octanol–water partition coefficient (Wildman–Crippen LogP) is 2.68. The normalized spacial score (nSPS) is 40.9. The molecule has 7 nitrogen and oxygen atoms in total. The molecule has 192 valence electrons. The Bertz CT molecular complexity index is 815. The molecule has 1 saturated heterocycles. The summed E-state index contributed by atoms with van der Waals surface area (Å²) >= 11 is 1.46. The van der Waals surface area contributed by atoms with Crippen LogP contribution in [0.3, 0.4) is 0 Å². The van der Waals surface area contributed by atoms with Gasteiger partial charge in [0.2, 0.25) is 0 Å². The van der Waals surface area contributed by atoms with E-state index in [4.69, 9.17) is 4.74 Å². The lowest BCUT2D eigenvalue weighted by atomic mass is 9.75. The summed E-state index contributed by atoms with van der Waals surface area (Å²) < 4.78 is 5.79. The van der Waals surface area contributed by atoms with Crippen molar-refractivity contribution in [2.75, 3.05) is 5.75 Å². The summed E-state index contributed by atoms with van der Waals surface area (Å²) in [7, 11) is 0. The minimum atomic E-state index is -1.77. The lowest BCUT2D eigenvalue weighted by molar-refractivity contribution is -0.166. The maximum atomic E-state index is 13.1. The van der Waals surface area contributed by atoms with Gasteiger partial charge in [0.15, 0.2) is 5.78 Å². The summed E-state index contributed by atoms with van der Waals surface area (Å²) in [5.41, 5.74) is -1.77. The number of hydrogen-bond acceptors (Lipinski definition) is 8. The van der Waals surface area contributed by atoms with Crippen LogP contribution >= 0.6 is 11.8 Å². The summed E-state index contributed by atoms with van der Waals surface area (Å²) in [5, 5.41) is 43.6. The average molecular weight is 497 g/mol. The number of aliphatic hydroxyl groups excluding tert-OH is 3. The number of Topliss-reactive ketones (excluding diaryl/α,β-unsaturated/α-hetero) is 1. The average Bonchev–Trinajstić information content (AvgIpc) is 2.82. The quantitative estimate of drug-likeness (QED) is 0.372. The molecule has 1 heterocycles. The minimum Gasteiger partial charge on any atom is -0.461 e. The van der Waals surface area contributed by atoms with E-state index in [2.05, 4.69) is 0 Å². The molecule has 4 N–H and O–H groups in total. The summed E-state index contributed by atoms with van der Waals surface area (Å²) in [6, 6.07) is 9.55. The van der Waals surface area contributed by atoms with E-state index in [1.807, 2.05) is 30.3 Å². The van der Waals surface area contributed by atoms with Crippen LogP contribution < -0.4 is 0 Å². The second-order valence-electron chi connectivity index (χ2n) is 10.2. The molecule has 0 amide bonds. The second kappa shape index (κ2) is 12.0. The third kappa shape index (κ3) is 6.82. The number of benzene rings is 1. The Kier molecular flexibility index (Phi) is 10.2. The Morgan fingerprint density at radius 1 is 0.912 bits per heavy atom. The standard InChI is InChI=1S/C26H40O7S/c1-14-12-26(6,32)24(30)17(4)22(28)15(2)20(13-34-19-10-8-7-9-11-19)33-25(31)18(5)23(29)16(3)21(14)27/h7-11,14-18,20-23,27-29,32H,12-13H2,1-6H3/t14-,15-,16+,17+,18+,20+,21-,22-,23-,26-/m0/s1. The van der Waals surface area contributed by atoms with Gasteiger partial charge in [0.05, 0.1) is 24.2 Å². The highest BCUT2D eigenvalue weighted by atomic mass is 32.2. The molecule has 0 spiro atoms. The molecule has 1 aromatic rings. The molecule has 8 heteroatoms. The highest BCUT2D eigenvalue weighted by molar-refractivity contribution is 7.99. The molecule has 1 aromatic carbocycles. The first-order chi connectivity index (χ1) is 15.8. The Morgan fingerprint density at radius 3 is 2.06 bits per heavy atom. The van der Waals surface area contributed by atoms with Crippen LogP contribution in [0.15, 0.2) is 35.2 Å². The van der Waals surface area contributed by atoms with Gasteiger partial charge in [-0.05, 0) is 38.3 Å². The van der Waals surface area contributed by atoms with E-state index in [-0.39, 0.29) is 6.42 Å². The lowest BCUT2D eigenvalue weighted by Gasteiger charge is -2.38. The van der Waals surface area contributed by atoms with Gasteiger partial charge in [-0.1, -0.05) is 45.9 Å². The lowest BCUT2D eigenvalue weighted by Crippen LogP contribution is -2.50. The van der Waals surface area contributed by atoms with Crippen molar-refractivity contribution in [3.05, 3.63) is 30.3 Å². The van der Waals surface area contributed by atoms with E-state index in [0.29, 0.717) is 5.75 Å². The monoisotopic (exact) mass is 496 g/mol. The van der Waals surface area contributed by atoms with Crippen molar-refractivity contribution in [3.63, 3.8) is 0 Å². The third-order valence-electron chi connectivity index (χ3n) is 7.27. The molecule has 0 aliphatic carbocycles. The Morgan fingerprint density at radius 2 is 1.47 bits per heavy atom. The zero-order valence-corrected chi connectivity index (χ0v) is 21.7. The van der Waals surface area contributed by atoms with Gasteiger partial charge in [-0.25, -0.2) is 0 Å². The summed E-state index contributed by atoms with van der Waals surface area (Å²) in [5.74, 6) is -4.49. The maximum Gasteiger partial charge on any atom is 0.311 e. The number of esters is 1. The molecule has 0 radical (unpaired) electrons. The molecule has 1 aliphatic rings. The summed E-state index contributed by atoms with van der Waals surface area (Å²) in [4.78, 5) is 27.1. The highest BCUT2D eigenvalue weighted by Gasteiger charge is 2.44. The van der Waals surface area contributed by atoms with Gasteiger partial charge in [0, 0.05) is 28.4 Å². The SMILES string of the molecule is C[C@@H]1[C@@H](O)[C@@H](C)C[C@](C)(O)C(=O)[C@H](C)[C@@H](O)[C@@H](C)[C@@H](CSc2ccccc2)OC(=O)[C@H](C)[C@H]1O. The summed E-state index contributed by atoms with van der Waals surface area (Å²) in [6.07, 6.45) is -4.20. The zero-order valence-electron chi connectivity index (χ0n) is 20.9. The van der Waals surface area contributed by atoms with Crippen molar-refractivity contribution in [2.24, 2.45) is 29.6 Å². The van der Waals surface area contributed by atoms with Crippen LogP contribution in [-0.2, 0) is 14.3 Å². The van der Waals surface area contributed by atoms with Crippen molar-refractivity contribution in [1.82, 2.24) is 0 Å². The van der Waals surface area contributed by atoms with Gasteiger partial charge in [-0.3, -0.25) is 9.59 Å². The van der Waals surface area contributed by atoms with Crippen molar-refractivity contribution in [3.8, 4) is 0 Å². The van der Waals surface area contributed by atoms with Crippen LogP contribution in [0.2, 0.25) is 0 Å². The first kappa shape index (κ1) is 28.8.